The van der Waals surface area contributed by atoms with Crippen molar-refractivity contribution in [2.75, 3.05) is 13.2 Å². The van der Waals surface area contributed by atoms with Gasteiger partial charge in [0.2, 0.25) is 0 Å². The van der Waals surface area contributed by atoms with Gasteiger partial charge in [0, 0.05) is 0 Å². The highest BCUT2D eigenvalue weighted by Crippen LogP contribution is 2.20. The topological polar surface area (TPSA) is 106 Å². The first kappa shape index (κ1) is 15.7. The van der Waals surface area contributed by atoms with Crippen LogP contribution in [0.2, 0.25) is 0 Å². The van der Waals surface area contributed by atoms with Crippen molar-refractivity contribution >= 4 is 17.9 Å². The molecule has 0 radical (unpaired) electrons. The number of hydrogen-bond acceptors (Lipinski definition) is 5. The molecule has 0 aromatic carbocycles. The van der Waals surface area contributed by atoms with Gasteiger partial charge in [0.1, 0.15) is 11.4 Å². The fourth-order valence-corrected chi connectivity index (χ4v) is 1.80. The third-order valence-electron chi connectivity index (χ3n) is 2.70. The minimum Gasteiger partial charge on any atom is -0.477 e. The number of ether oxygens (including phenoxy) is 2. The maximum atomic E-state index is 11.7. The summed E-state index contributed by atoms with van der Waals surface area (Å²) in [5.41, 5.74) is 0.468. The van der Waals surface area contributed by atoms with Gasteiger partial charge in [-0.25, -0.2) is 9.59 Å². The number of aromatic carboxylic acids is 1. The van der Waals surface area contributed by atoms with Gasteiger partial charge in [-0.1, -0.05) is 0 Å². The number of hydrogen-bond donors (Lipinski definition) is 2. The molecule has 0 aliphatic rings. The Morgan fingerprint density at radius 3 is 2.20 bits per heavy atom. The zero-order valence-electron chi connectivity index (χ0n) is 11.6. The molecule has 2 N–H and O–H groups in total. The Kier molecular flexibility index (Phi) is 5.31. The Labute approximate surface area is 115 Å². The maximum Gasteiger partial charge on any atom is 0.355 e. The van der Waals surface area contributed by atoms with E-state index in [1.54, 1.807) is 20.8 Å². The van der Waals surface area contributed by atoms with Crippen LogP contribution in [0.25, 0.3) is 0 Å². The lowest BCUT2D eigenvalue weighted by Crippen LogP contribution is -2.11. The van der Waals surface area contributed by atoms with Gasteiger partial charge in [-0.05, 0) is 31.9 Å². The van der Waals surface area contributed by atoms with Gasteiger partial charge in [-0.3, -0.25) is 4.79 Å². The van der Waals surface area contributed by atoms with Crippen LogP contribution in [-0.4, -0.2) is 41.2 Å². The van der Waals surface area contributed by atoms with Crippen LogP contribution in [0.15, 0.2) is 0 Å². The van der Waals surface area contributed by atoms with Gasteiger partial charge in [-0.15, -0.1) is 0 Å². The van der Waals surface area contributed by atoms with E-state index in [-0.39, 0.29) is 36.6 Å². The van der Waals surface area contributed by atoms with E-state index in [1.807, 2.05) is 0 Å². The Morgan fingerprint density at radius 1 is 1.10 bits per heavy atom. The molecule has 1 rings (SSSR count). The summed E-state index contributed by atoms with van der Waals surface area (Å²) in [6.45, 7) is 5.24. The molecule has 1 aromatic rings. The third kappa shape index (κ3) is 3.37. The molecule has 0 atom stereocenters. The summed E-state index contributed by atoms with van der Waals surface area (Å²) in [5, 5.41) is 9.12. The SMILES string of the molecule is CCOC(=O)Cc1c(C(=O)O)[nH]c(C(=O)OCC)c1C. The average Bonchev–Trinajstić information content (AvgIpc) is 2.68. The summed E-state index contributed by atoms with van der Waals surface area (Å²) in [6, 6.07) is 0. The van der Waals surface area contributed by atoms with Crippen LogP contribution in [0.1, 0.15) is 46.0 Å². The lowest BCUT2D eigenvalue weighted by atomic mass is 10.1. The van der Waals surface area contributed by atoms with Crippen molar-refractivity contribution in [2.45, 2.75) is 27.2 Å². The van der Waals surface area contributed by atoms with E-state index in [4.69, 9.17) is 14.6 Å². The second-order valence-corrected chi connectivity index (χ2v) is 3.99. The van der Waals surface area contributed by atoms with Crippen molar-refractivity contribution in [1.29, 1.82) is 0 Å². The fraction of sp³-hybridized carbons (Fsp3) is 0.462. The van der Waals surface area contributed by atoms with Crippen LogP contribution in [0, 0.1) is 6.92 Å². The number of esters is 2. The maximum absolute atomic E-state index is 11.7. The van der Waals surface area contributed by atoms with Crippen LogP contribution >= 0.6 is 0 Å². The van der Waals surface area contributed by atoms with Crippen LogP contribution in [-0.2, 0) is 20.7 Å². The van der Waals surface area contributed by atoms with Crippen molar-refractivity contribution in [2.24, 2.45) is 0 Å². The third-order valence-corrected chi connectivity index (χ3v) is 2.70. The van der Waals surface area contributed by atoms with E-state index >= 15 is 0 Å². The molecule has 0 bridgehead atoms. The Morgan fingerprint density at radius 2 is 1.70 bits per heavy atom. The normalized spacial score (nSPS) is 10.2. The Balaban J connectivity index is 3.17. The van der Waals surface area contributed by atoms with E-state index in [0.29, 0.717) is 5.56 Å². The molecule has 110 valence electrons. The first-order valence-corrected chi connectivity index (χ1v) is 6.19. The zero-order chi connectivity index (χ0) is 15.3. The summed E-state index contributed by atoms with van der Waals surface area (Å²) in [6.07, 6.45) is -0.211. The molecule has 0 spiro atoms. The first-order valence-electron chi connectivity index (χ1n) is 6.19. The number of aromatic amines is 1. The highest BCUT2D eigenvalue weighted by molar-refractivity contribution is 5.96. The van der Waals surface area contributed by atoms with Crippen molar-refractivity contribution in [3.8, 4) is 0 Å². The summed E-state index contributed by atoms with van der Waals surface area (Å²) in [4.78, 5) is 36.9. The van der Waals surface area contributed by atoms with Crippen molar-refractivity contribution in [1.82, 2.24) is 4.98 Å². The van der Waals surface area contributed by atoms with E-state index < -0.39 is 17.9 Å². The number of carboxylic acids is 1. The zero-order valence-corrected chi connectivity index (χ0v) is 11.6. The van der Waals surface area contributed by atoms with Gasteiger partial charge in [0.25, 0.3) is 0 Å². The van der Waals surface area contributed by atoms with Gasteiger partial charge < -0.3 is 19.6 Å². The summed E-state index contributed by atoms with van der Waals surface area (Å²) < 4.78 is 9.62. The monoisotopic (exact) mass is 283 g/mol. The molecule has 0 fully saturated rings. The Bertz CT molecular complexity index is 531. The van der Waals surface area contributed by atoms with Crippen LogP contribution in [0.5, 0.6) is 0 Å². The number of carbonyl (C=O) groups is 3. The molecule has 20 heavy (non-hydrogen) atoms. The predicted molar refractivity (Wildman–Crippen MR) is 68.8 cm³/mol. The second kappa shape index (κ2) is 6.74. The van der Waals surface area contributed by atoms with Crippen LogP contribution < -0.4 is 0 Å². The van der Waals surface area contributed by atoms with E-state index in [1.165, 1.54) is 0 Å². The summed E-state index contributed by atoms with van der Waals surface area (Å²) in [7, 11) is 0. The quantitative estimate of drug-likeness (QED) is 0.762. The summed E-state index contributed by atoms with van der Waals surface area (Å²) >= 11 is 0. The molecule has 7 heteroatoms. The van der Waals surface area contributed by atoms with E-state index in [2.05, 4.69) is 4.98 Å². The molecule has 7 nitrogen and oxygen atoms in total. The van der Waals surface area contributed by atoms with Gasteiger partial charge in [0.15, 0.2) is 0 Å². The Hall–Kier alpha value is -2.31. The van der Waals surface area contributed by atoms with Gasteiger partial charge in [-0.2, -0.15) is 0 Å². The van der Waals surface area contributed by atoms with Crippen molar-refractivity contribution in [3.63, 3.8) is 0 Å². The largest absolute Gasteiger partial charge is 0.477 e. The minimum absolute atomic E-state index is 0.0450. The molecule has 0 unspecified atom stereocenters. The van der Waals surface area contributed by atoms with E-state index in [9.17, 15) is 14.4 Å². The van der Waals surface area contributed by atoms with Crippen LogP contribution in [0.4, 0.5) is 0 Å². The lowest BCUT2D eigenvalue weighted by molar-refractivity contribution is -0.142. The molecule has 1 aromatic heterocycles. The van der Waals surface area contributed by atoms with Crippen LogP contribution in [0.3, 0.4) is 0 Å². The number of nitrogens with one attached hydrogen (secondary N) is 1. The summed E-state index contributed by atoms with van der Waals surface area (Å²) in [5.74, 6) is -2.45. The minimum atomic E-state index is -1.25. The standard InChI is InChI=1S/C13H17NO6/c1-4-19-9(15)6-8-7(3)10(13(18)20-5-2)14-11(8)12(16)17/h14H,4-6H2,1-3H3,(H,16,17). The molecule has 0 saturated carbocycles. The smallest absolute Gasteiger partial charge is 0.355 e. The highest BCUT2D eigenvalue weighted by atomic mass is 16.5. The number of rotatable bonds is 6. The lowest BCUT2D eigenvalue weighted by Gasteiger charge is -2.03. The molecule has 1 heterocycles. The molecule has 0 amide bonds. The van der Waals surface area contributed by atoms with Gasteiger partial charge >= 0.3 is 17.9 Å². The highest BCUT2D eigenvalue weighted by Gasteiger charge is 2.25. The number of carbonyl (C=O) groups excluding carboxylic acids is 2. The van der Waals surface area contributed by atoms with Crippen molar-refractivity contribution in [3.05, 3.63) is 22.5 Å². The average molecular weight is 283 g/mol. The number of carboxylic acid groups (broad SMARTS) is 1. The molecular weight excluding hydrogens is 266 g/mol. The molecular formula is C13H17NO6. The van der Waals surface area contributed by atoms with Crippen molar-refractivity contribution < 1.29 is 29.0 Å². The molecule has 0 saturated heterocycles. The first-order chi connectivity index (χ1) is 9.42. The molecule has 0 aliphatic carbocycles. The number of aromatic nitrogens is 1. The molecule has 0 aliphatic heterocycles. The fourth-order valence-electron chi connectivity index (χ4n) is 1.80. The number of H-pyrrole nitrogens is 1. The second-order valence-electron chi connectivity index (χ2n) is 3.99. The van der Waals surface area contributed by atoms with Gasteiger partial charge in [0.05, 0.1) is 19.6 Å². The predicted octanol–water partition coefficient (Wildman–Crippen LogP) is 1.30. The van der Waals surface area contributed by atoms with E-state index in [0.717, 1.165) is 0 Å².